The predicted molar refractivity (Wildman–Crippen MR) is 57.5 cm³/mol. The van der Waals surface area contributed by atoms with E-state index in [1.165, 1.54) is 6.07 Å². The number of H-pyrrole nitrogens is 1. The second-order valence-electron chi connectivity index (χ2n) is 3.42. The van der Waals surface area contributed by atoms with Gasteiger partial charge in [-0.15, -0.1) is 0 Å². The van der Waals surface area contributed by atoms with E-state index in [4.69, 9.17) is 5.11 Å². The monoisotopic (exact) mass is 229 g/mol. The van der Waals surface area contributed by atoms with E-state index in [2.05, 4.69) is 20.3 Å². The molecule has 0 aliphatic rings. The summed E-state index contributed by atoms with van der Waals surface area (Å²) in [4.78, 5) is 14.9. The molecule has 0 bridgehead atoms. The third kappa shape index (κ3) is 1.44. The number of carbonyl (C=O) groups is 1. The topological polar surface area (TPSA) is 96.2 Å². The third-order valence-electron chi connectivity index (χ3n) is 2.36. The molecule has 0 unspecified atom stereocenters. The molecular formula is C10H7N5O2. The van der Waals surface area contributed by atoms with Gasteiger partial charge in [-0.05, 0) is 12.1 Å². The van der Waals surface area contributed by atoms with Crippen molar-refractivity contribution in [3.8, 4) is 11.3 Å². The van der Waals surface area contributed by atoms with Gasteiger partial charge in [0.2, 0.25) is 0 Å². The molecule has 0 spiro atoms. The summed E-state index contributed by atoms with van der Waals surface area (Å²) in [5, 5.41) is 19.3. The van der Waals surface area contributed by atoms with Crippen molar-refractivity contribution in [2.45, 2.75) is 0 Å². The largest absolute Gasteiger partial charge is 0.477 e. The maximum Gasteiger partial charge on any atom is 0.353 e. The maximum atomic E-state index is 10.7. The van der Waals surface area contributed by atoms with Crippen LogP contribution < -0.4 is 0 Å². The fourth-order valence-corrected chi connectivity index (χ4v) is 1.58. The fraction of sp³-hybridized carbons (Fsp3) is 0. The van der Waals surface area contributed by atoms with Gasteiger partial charge in [-0.3, -0.25) is 5.10 Å². The summed E-state index contributed by atoms with van der Waals surface area (Å²) < 4.78 is 1.60. The Morgan fingerprint density at radius 1 is 1.47 bits per heavy atom. The Hall–Kier alpha value is -2.70. The van der Waals surface area contributed by atoms with E-state index in [0.717, 1.165) is 0 Å². The Labute approximate surface area is 94.7 Å². The van der Waals surface area contributed by atoms with Gasteiger partial charge in [0.1, 0.15) is 5.69 Å². The van der Waals surface area contributed by atoms with Gasteiger partial charge in [0.15, 0.2) is 5.65 Å². The summed E-state index contributed by atoms with van der Waals surface area (Å²) in [6.07, 6.45) is 5.01. The van der Waals surface area contributed by atoms with Gasteiger partial charge in [0.25, 0.3) is 0 Å². The van der Waals surface area contributed by atoms with Crippen LogP contribution in [-0.2, 0) is 0 Å². The van der Waals surface area contributed by atoms with E-state index in [-0.39, 0.29) is 5.69 Å². The lowest BCUT2D eigenvalue weighted by Gasteiger charge is -1.92. The highest BCUT2D eigenvalue weighted by Gasteiger charge is 2.13. The molecule has 0 saturated heterocycles. The smallest absolute Gasteiger partial charge is 0.353 e. The van der Waals surface area contributed by atoms with Crippen LogP contribution in [0.15, 0.2) is 30.7 Å². The van der Waals surface area contributed by atoms with Crippen LogP contribution in [0.4, 0.5) is 0 Å². The van der Waals surface area contributed by atoms with Crippen molar-refractivity contribution in [1.82, 2.24) is 24.8 Å². The molecule has 3 rings (SSSR count). The average Bonchev–Trinajstić information content (AvgIpc) is 2.95. The normalized spacial score (nSPS) is 10.8. The van der Waals surface area contributed by atoms with Crippen molar-refractivity contribution in [2.24, 2.45) is 0 Å². The zero-order chi connectivity index (χ0) is 11.8. The number of aromatic carboxylic acids is 1. The Balaban J connectivity index is 2.17. The molecule has 0 aliphatic heterocycles. The Morgan fingerprint density at radius 3 is 3.12 bits per heavy atom. The van der Waals surface area contributed by atoms with E-state index in [1.54, 1.807) is 29.2 Å². The number of rotatable bonds is 2. The molecule has 17 heavy (non-hydrogen) atoms. The second-order valence-corrected chi connectivity index (χ2v) is 3.42. The van der Waals surface area contributed by atoms with E-state index >= 15 is 0 Å². The number of nitrogens with zero attached hydrogens (tertiary/aromatic N) is 4. The van der Waals surface area contributed by atoms with Crippen molar-refractivity contribution in [3.05, 3.63) is 36.4 Å². The van der Waals surface area contributed by atoms with Gasteiger partial charge in [-0.2, -0.15) is 10.2 Å². The molecule has 0 radical (unpaired) electrons. The van der Waals surface area contributed by atoms with E-state index < -0.39 is 5.97 Å². The number of carboxylic acids is 1. The zero-order valence-corrected chi connectivity index (χ0v) is 8.53. The van der Waals surface area contributed by atoms with Crippen LogP contribution in [0.3, 0.4) is 0 Å². The van der Waals surface area contributed by atoms with E-state index in [9.17, 15) is 4.79 Å². The van der Waals surface area contributed by atoms with Crippen molar-refractivity contribution in [3.63, 3.8) is 0 Å². The Bertz CT molecular complexity index is 699. The highest BCUT2D eigenvalue weighted by atomic mass is 16.4. The van der Waals surface area contributed by atoms with Gasteiger partial charge in [-0.25, -0.2) is 14.3 Å². The lowest BCUT2D eigenvalue weighted by atomic mass is 10.2. The van der Waals surface area contributed by atoms with Crippen LogP contribution in [0.2, 0.25) is 0 Å². The number of hydrogen-bond acceptors (Lipinski definition) is 4. The number of carboxylic acid groups (broad SMARTS) is 1. The first-order chi connectivity index (χ1) is 8.25. The first kappa shape index (κ1) is 9.52. The second kappa shape index (κ2) is 3.41. The molecule has 0 fully saturated rings. The lowest BCUT2D eigenvalue weighted by Crippen LogP contribution is -1.95. The minimum atomic E-state index is -1.05. The summed E-state index contributed by atoms with van der Waals surface area (Å²) in [5.74, 6) is -1.05. The first-order valence-corrected chi connectivity index (χ1v) is 4.83. The van der Waals surface area contributed by atoms with Crippen molar-refractivity contribution in [2.75, 3.05) is 0 Å². The van der Waals surface area contributed by atoms with Gasteiger partial charge in [-0.1, -0.05) is 0 Å². The van der Waals surface area contributed by atoms with Crippen LogP contribution in [-0.4, -0.2) is 35.9 Å². The number of hydrogen-bond donors (Lipinski definition) is 2. The fourth-order valence-electron chi connectivity index (χ4n) is 1.58. The van der Waals surface area contributed by atoms with Crippen molar-refractivity contribution < 1.29 is 9.90 Å². The molecule has 3 heterocycles. The highest BCUT2D eigenvalue weighted by molar-refractivity contribution is 5.87. The number of nitrogens with one attached hydrogen (secondary N) is 1. The molecule has 7 heteroatoms. The SMILES string of the molecule is O=C(O)c1cc(-c2cnn3cccnc23)n[nH]1. The van der Waals surface area contributed by atoms with Gasteiger partial charge < -0.3 is 5.11 Å². The zero-order valence-electron chi connectivity index (χ0n) is 8.53. The molecule has 0 aromatic carbocycles. The summed E-state index contributed by atoms with van der Waals surface area (Å²) >= 11 is 0. The van der Waals surface area contributed by atoms with Gasteiger partial charge >= 0.3 is 5.97 Å². The van der Waals surface area contributed by atoms with Crippen LogP contribution in [0.5, 0.6) is 0 Å². The Kier molecular flexibility index (Phi) is 1.91. The van der Waals surface area contributed by atoms with E-state index in [0.29, 0.717) is 16.9 Å². The number of aromatic nitrogens is 5. The molecule has 2 N–H and O–H groups in total. The molecule has 3 aromatic heterocycles. The van der Waals surface area contributed by atoms with Gasteiger partial charge in [0.05, 0.1) is 17.5 Å². The first-order valence-electron chi connectivity index (χ1n) is 4.83. The summed E-state index contributed by atoms with van der Waals surface area (Å²) in [5.41, 5.74) is 1.87. The Morgan fingerprint density at radius 2 is 2.35 bits per heavy atom. The van der Waals surface area contributed by atoms with Gasteiger partial charge in [0, 0.05) is 12.4 Å². The third-order valence-corrected chi connectivity index (χ3v) is 2.36. The number of aromatic amines is 1. The van der Waals surface area contributed by atoms with Crippen LogP contribution in [0.1, 0.15) is 10.5 Å². The minimum absolute atomic E-state index is 0.0373. The van der Waals surface area contributed by atoms with Crippen LogP contribution >= 0.6 is 0 Å². The molecule has 0 atom stereocenters. The number of fused-ring (bicyclic) bond motifs is 1. The molecule has 7 nitrogen and oxygen atoms in total. The van der Waals surface area contributed by atoms with Crippen LogP contribution in [0.25, 0.3) is 16.9 Å². The summed E-state index contributed by atoms with van der Waals surface area (Å²) in [6.45, 7) is 0. The predicted octanol–water partition coefficient (Wildman–Crippen LogP) is 0.818. The van der Waals surface area contributed by atoms with Crippen molar-refractivity contribution in [1.29, 1.82) is 0 Å². The lowest BCUT2D eigenvalue weighted by molar-refractivity contribution is 0.0690. The summed E-state index contributed by atoms with van der Waals surface area (Å²) in [7, 11) is 0. The average molecular weight is 229 g/mol. The molecule has 3 aromatic rings. The molecule has 0 amide bonds. The summed E-state index contributed by atoms with van der Waals surface area (Å²) in [6, 6.07) is 3.21. The quantitative estimate of drug-likeness (QED) is 0.678. The van der Waals surface area contributed by atoms with E-state index in [1.807, 2.05) is 0 Å². The molecule has 0 saturated carbocycles. The maximum absolute atomic E-state index is 10.7. The highest BCUT2D eigenvalue weighted by Crippen LogP contribution is 2.21. The molecule has 0 aliphatic carbocycles. The molecule has 84 valence electrons. The van der Waals surface area contributed by atoms with Crippen LogP contribution in [0, 0.1) is 0 Å². The molecular weight excluding hydrogens is 222 g/mol. The standard InChI is InChI=1S/C10H7N5O2/c16-10(17)8-4-7(13-14-8)6-5-12-15-3-1-2-11-9(6)15/h1-5H,(H,13,14)(H,16,17). The minimum Gasteiger partial charge on any atom is -0.477 e. The van der Waals surface area contributed by atoms with Crippen molar-refractivity contribution >= 4 is 11.6 Å².